The molecule has 1 N–H and O–H groups in total. The molecule has 168 valence electrons. The Labute approximate surface area is 194 Å². The molecule has 4 aromatic carbocycles. The first kappa shape index (κ1) is 21.1. The molecule has 0 radical (unpaired) electrons. The van der Waals surface area contributed by atoms with Gasteiger partial charge in [0.1, 0.15) is 5.75 Å². The van der Waals surface area contributed by atoms with E-state index in [0.717, 1.165) is 24.2 Å². The van der Waals surface area contributed by atoms with Crippen molar-refractivity contribution in [3.05, 3.63) is 77.9 Å². The van der Waals surface area contributed by atoms with Crippen molar-refractivity contribution < 1.29 is 9.53 Å². The molecular formula is C28H29N3O2. The van der Waals surface area contributed by atoms with Gasteiger partial charge in [0.2, 0.25) is 0 Å². The zero-order chi connectivity index (χ0) is 22.9. The van der Waals surface area contributed by atoms with Crippen molar-refractivity contribution in [1.82, 2.24) is 4.90 Å². The van der Waals surface area contributed by atoms with Crippen molar-refractivity contribution in [2.45, 2.75) is 13.8 Å². The van der Waals surface area contributed by atoms with Gasteiger partial charge in [0, 0.05) is 37.3 Å². The number of anilines is 2. The standard InChI is InChI=1S/C28H29N3O2/c1-19-15-25(27(33-3)16-20(19)2)29-28(32)31-13-11-30(12-14-31)26-10-6-9-23-17-21-7-4-5-8-22(21)18-24(23)26/h4-10,15-18H,11-14H2,1-3H3,(H,29,32). The molecule has 33 heavy (non-hydrogen) atoms. The Morgan fingerprint density at radius 3 is 2.21 bits per heavy atom. The van der Waals surface area contributed by atoms with E-state index < -0.39 is 0 Å². The van der Waals surface area contributed by atoms with Crippen molar-refractivity contribution in [2.75, 3.05) is 43.5 Å². The molecule has 2 amide bonds. The molecule has 5 heteroatoms. The summed E-state index contributed by atoms with van der Waals surface area (Å²) in [5, 5.41) is 8.05. The number of aryl methyl sites for hydroxylation is 2. The molecule has 1 aliphatic heterocycles. The van der Waals surface area contributed by atoms with Gasteiger partial charge in [-0.05, 0) is 71.5 Å². The fourth-order valence-corrected chi connectivity index (χ4v) is 4.63. The minimum Gasteiger partial charge on any atom is -0.495 e. The number of hydrogen-bond donors (Lipinski definition) is 1. The number of urea groups is 1. The Hall–Kier alpha value is -3.73. The monoisotopic (exact) mass is 439 g/mol. The van der Waals surface area contributed by atoms with Crippen molar-refractivity contribution in [3.63, 3.8) is 0 Å². The van der Waals surface area contributed by atoms with E-state index in [2.05, 4.69) is 64.8 Å². The minimum atomic E-state index is -0.0832. The van der Waals surface area contributed by atoms with Crippen LogP contribution in [0.2, 0.25) is 0 Å². The zero-order valence-corrected chi connectivity index (χ0v) is 19.4. The maximum atomic E-state index is 13.0. The number of rotatable bonds is 3. The van der Waals surface area contributed by atoms with E-state index in [1.54, 1.807) is 7.11 Å². The Morgan fingerprint density at radius 2 is 1.48 bits per heavy atom. The lowest BCUT2D eigenvalue weighted by atomic mass is 10.0. The van der Waals surface area contributed by atoms with Crippen LogP contribution in [0.5, 0.6) is 5.75 Å². The third kappa shape index (κ3) is 4.07. The lowest BCUT2D eigenvalue weighted by molar-refractivity contribution is 0.208. The molecule has 0 unspecified atom stereocenters. The van der Waals surface area contributed by atoms with E-state index in [1.807, 2.05) is 30.9 Å². The number of ether oxygens (including phenoxy) is 1. The molecule has 0 saturated carbocycles. The number of hydrogen-bond acceptors (Lipinski definition) is 3. The SMILES string of the molecule is COc1cc(C)c(C)cc1NC(=O)N1CCN(c2cccc3cc4ccccc4cc23)CC1. The highest BCUT2D eigenvalue weighted by Gasteiger charge is 2.23. The highest BCUT2D eigenvalue weighted by Crippen LogP contribution is 2.32. The van der Waals surface area contributed by atoms with E-state index in [1.165, 1.54) is 27.2 Å². The molecule has 0 aliphatic carbocycles. The van der Waals surface area contributed by atoms with Crippen LogP contribution in [0, 0.1) is 13.8 Å². The summed E-state index contributed by atoms with van der Waals surface area (Å²) in [6.45, 7) is 7.01. The van der Waals surface area contributed by atoms with E-state index in [9.17, 15) is 4.79 Å². The van der Waals surface area contributed by atoms with Crippen molar-refractivity contribution in [3.8, 4) is 5.75 Å². The second-order valence-electron chi connectivity index (χ2n) is 8.74. The molecule has 0 spiro atoms. The van der Waals surface area contributed by atoms with Crippen LogP contribution in [0.15, 0.2) is 66.7 Å². The lowest BCUT2D eigenvalue weighted by Crippen LogP contribution is -2.50. The van der Waals surface area contributed by atoms with Crippen LogP contribution in [0.1, 0.15) is 11.1 Å². The highest BCUT2D eigenvalue weighted by molar-refractivity contribution is 6.04. The largest absolute Gasteiger partial charge is 0.495 e. The number of benzene rings is 4. The summed E-state index contributed by atoms with van der Waals surface area (Å²) in [6, 6.07) is 23.4. The van der Waals surface area contributed by atoms with Crippen molar-refractivity contribution in [1.29, 1.82) is 0 Å². The van der Waals surface area contributed by atoms with Crippen LogP contribution in [0.3, 0.4) is 0 Å². The van der Waals surface area contributed by atoms with Gasteiger partial charge in [0.25, 0.3) is 0 Å². The van der Waals surface area contributed by atoms with Crippen molar-refractivity contribution in [2.24, 2.45) is 0 Å². The second-order valence-corrected chi connectivity index (χ2v) is 8.74. The minimum absolute atomic E-state index is 0.0832. The fraction of sp³-hybridized carbons (Fsp3) is 0.250. The summed E-state index contributed by atoms with van der Waals surface area (Å²) in [7, 11) is 1.63. The van der Waals surface area contributed by atoms with Crippen molar-refractivity contribution >= 4 is 39.0 Å². The van der Waals surface area contributed by atoms with Gasteiger partial charge in [-0.25, -0.2) is 4.79 Å². The maximum Gasteiger partial charge on any atom is 0.322 e. The van der Waals surface area contributed by atoms with Gasteiger partial charge < -0.3 is 19.9 Å². The predicted octanol–water partition coefficient (Wildman–Crippen LogP) is 5.97. The number of carbonyl (C=O) groups is 1. The van der Waals surface area contributed by atoms with Crippen LogP contribution in [0.4, 0.5) is 16.2 Å². The number of methoxy groups -OCH3 is 1. The Kier molecular flexibility index (Phi) is 5.55. The molecule has 4 aromatic rings. The average molecular weight is 440 g/mol. The average Bonchev–Trinajstić information content (AvgIpc) is 2.84. The molecular weight excluding hydrogens is 410 g/mol. The molecule has 1 aliphatic rings. The number of piperazine rings is 1. The van der Waals surface area contributed by atoms with E-state index in [-0.39, 0.29) is 6.03 Å². The van der Waals surface area contributed by atoms with Crippen LogP contribution in [-0.2, 0) is 0 Å². The number of carbonyl (C=O) groups excluding carboxylic acids is 1. The van der Waals surface area contributed by atoms with Gasteiger partial charge >= 0.3 is 6.03 Å². The van der Waals surface area contributed by atoms with Crippen LogP contribution < -0.4 is 15.0 Å². The van der Waals surface area contributed by atoms with Gasteiger partial charge in [-0.1, -0.05) is 36.4 Å². The van der Waals surface area contributed by atoms with Gasteiger partial charge in [-0.2, -0.15) is 0 Å². The first-order chi connectivity index (χ1) is 16.0. The Morgan fingerprint density at radius 1 is 0.818 bits per heavy atom. The first-order valence-electron chi connectivity index (χ1n) is 11.4. The van der Waals surface area contributed by atoms with E-state index in [4.69, 9.17) is 4.74 Å². The summed E-state index contributed by atoms with van der Waals surface area (Å²) >= 11 is 0. The number of fused-ring (bicyclic) bond motifs is 2. The molecule has 5 nitrogen and oxygen atoms in total. The van der Waals surface area contributed by atoms with Crippen LogP contribution in [0.25, 0.3) is 21.5 Å². The molecule has 0 bridgehead atoms. The van der Waals surface area contributed by atoms with Gasteiger partial charge in [-0.3, -0.25) is 0 Å². The smallest absolute Gasteiger partial charge is 0.322 e. The Balaban J connectivity index is 1.32. The zero-order valence-electron chi connectivity index (χ0n) is 19.4. The summed E-state index contributed by atoms with van der Waals surface area (Å²) in [6.07, 6.45) is 0. The third-order valence-corrected chi connectivity index (χ3v) is 6.69. The molecule has 5 rings (SSSR count). The van der Waals surface area contributed by atoms with Gasteiger partial charge in [0.15, 0.2) is 0 Å². The predicted molar refractivity (Wildman–Crippen MR) is 137 cm³/mol. The lowest BCUT2D eigenvalue weighted by Gasteiger charge is -2.36. The quantitative estimate of drug-likeness (QED) is 0.400. The number of nitrogens with one attached hydrogen (secondary N) is 1. The molecule has 1 heterocycles. The summed E-state index contributed by atoms with van der Waals surface area (Å²) in [5.41, 5.74) is 4.21. The topological polar surface area (TPSA) is 44.8 Å². The maximum absolute atomic E-state index is 13.0. The summed E-state index contributed by atoms with van der Waals surface area (Å²) in [4.78, 5) is 17.2. The summed E-state index contributed by atoms with van der Waals surface area (Å²) in [5.74, 6) is 0.688. The molecule has 0 atom stereocenters. The number of nitrogens with zero attached hydrogens (tertiary/aromatic N) is 2. The van der Waals surface area contributed by atoms with Crippen LogP contribution in [-0.4, -0.2) is 44.2 Å². The summed E-state index contributed by atoms with van der Waals surface area (Å²) < 4.78 is 5.47. The first-order valence-corrected chi connectivity index (χ1v) is 11.4. The van der Waals surface area contributed by atoms with Crippen LogP contribution >= 0.6 is 0 Å². The highest BCUT2D eigenvalue weighted by atomic mass is 16.5. The Bertz CT molecular complexity index is 1340. The normalized spacial score (nSPS) is 14.0. The fourth-order valence-electron chi connectivity index (χ4n) is 4.63. The van der Waals surface area contributed by atoms with E-state index >= 15 is 0 Å². The van der Waals surface area contributed by atoms with E-state index in [0.29, 0.717) is 24.5 Å². The van der Waals surface area contributed by atoms with Gasteiger partial charge in [-0.15, -0.1) is 0 Å². The molecule has 1 saturated heterocycles. The third-order valence-electron chi connectivity index (χ3n) is 6.69. The molecule has 1 fully saturated rings. The second kappa shape index (κ2) is 8.66. The number of amides is 2. The van der Waals surface area contributed by atoms with Gasteiger partial charge in [0.05, 0.1) is 12.8 Å². The molecule has 0 aromatic heterocycles.